The van der Waals surface area contributed by atoms with Gasteiger partial charge in [-0.15, -0.1) is 24.8 Å². The van der Waals surface area contributed by atoms with E-state index in [-0.39, 0.29) is 24.8 Å². The molecule has 0 atom stereocenters. The van der Waals surface area contributed by atoms with Crippen LogP contribution in [0.5, 0.6) is 0 Å². The minimum Gasteiger partial charge on any atom is -0.384 e. The maximum Gasteiger partial charge on any atom is 0.124 e. The summed E-state index contributed by atoms with van der Waals surface area (Å²) in [4.78, 5) is 4.37. The Balaban J connectivity index is 0.00000156. The zero-order valence-corrected chi connectivity index (χ0v) is 16.1. The van der Waals surface area contributed by atoms with Gasteiger partial charge in [-0.25, -0.2) is 4.98 Å². The third-order valence-electron chi connectivity index (χ3n) is 3.87. The second-order valence-corrected chi connectivity index (χ2v) is 6.08. The SMILES string of the molecule is Cl.Cl.Nc1ccc2ccc(CCNCCc3ccc(Cl)cc3)cc2n1. The number of fused-ring (bicyclic) bond motifs is 1. The van der Waals surface area contributed by atoms with Gasteiger partial charge in [-0.1, -0.05) is 35.9 Å². The van der Waals surface area contributed by atoms with Gasteiger partial charge in [0, 0.05) is 10.4 Å². The summed E-state index contributed by atoms with van der Waals surface area (Å²) >= 11 is 5.89. The van der Waals surface area contributed by atoms with Crippen molar-refractivity contribution in [3.63, 3.8) is 0 Å². The third-order valence-corrected chi connectivity index (χ3v) is 4.12. The number of halogens is 3. The number of aromatic nitrogens is 1. The van der Waals surface area contributed by atoms with Crippen LogP contribution in [-0.2, 0) is 12.8 Å². The number of nitrogen functional groups attached to an aromatic ring is 1. The lowest BCUT2D eigenvalue weighted by molar-refractivity contribution is 0.682. The lowest BCUT2D eigenvalue weighted by Gasteiger charge is -2.07. The largest absolute Gasteiger partial charge is 0.384 e. The van der Waals surface area contributed by atoms with Crippen molar-refractivity contribution in [3.05, 3.63) is 70.7 Å². The third kappa shape index (κ3) is 6.37. The summed E-state index contributed by atoms with van der Waals surface area (Å²) in [5.41, 5.74) is 9.28. The molecule has 0 unspecified atom stereocenters. The van der Waals surface area contributed by atoms with E-state index in [0.717, 1.165) is 41.9 Å². The topological polar surface area (TPSA) is 50.9 Å². The van der Waals surface area contributed by atoms with Crippen molar-refractivity contribution in [3.8, 4) is 0 Å². The molecule has 1 heterocycles. The lowest BCUT2D eigenvalue weighted by atomic mass is 10.1. The average Bonchev–Trinajstić information content (AvgIpc) is 2.56. The first-order valence-electron chi connectivity index (χ1n) is 7.81. The average molecular weight is 399 g/mol. The first-order valence-corrected chi connectivity index (χ1v) is 8.19. The van der Waals surface area contributed by atoms with Crippen molar-refractivity contribution >= 4 is 53.1 Å². The van der Waals surface area contributed by atoms with Gasteiger partial charge in [0.15, 0.2) is 0 Å². The molecule has 0 amide bonds. The molecule has 0 bridgehead atoms. The predicted octanol–water partition coefficient (Wildman–Crippen LogP) is 4.69. The molecule has 0 aliphatic rings. The second kappa shape index (κ2) is 10.5. The summed E-state index contributed by atoms with van der Waals surface area (Å²) in [6.07, 6.45) is 1.99. The molecule has 25 heavy (non-hydrogen) atoms. The molecule has 0 spiro atoms. The highest BCUT2D eigenvalue weighted by Crippen LogP contribution is 2.16. The fourth-order valence-corrected chi connectivity index (χ4v) is 2.70. The van der Waals surface area contributed by atoms with E-state index >= 15 is 0 Å². The van der Waals surface area contributed by atoms with E-state index in [1.807, 2.05) is 24.3 Å². The van der Waals surface area contributed by atoms with Gasteiger partial charge in [0.25, 0.3) is 0 Å². The van der Waals surface area contributed by atoms with Gasteiger partial charge in [-0.3, -0.25) is 0 Å². The van der Waals surface area contributed by atoms with Crippen LogP contribution in [0.4, 0.5) is 5.82 Å². The Labute approximate surface area is 165 Å². The van der Waals surface area contributed by atoms with E-state index in [1.165, 1.54) is 11.1 Å². The summed E-state index contributed by atoms with van der Waals surface area (Å²) in [5.74, 6) is 0.565. The molecular weight excluding hydrogens is 377 g/mol. The molecule has 3 nitrogen and oxygen atoms in total. The molecule has 2 aromatic carbocycles. The van der Waals surface area contributed by atoms with Crippen LogP contribution >= 0.6 is 36.4 Å². The Morgan fingerprint density at radius 1 is 0.840 bits per heavy atom. The monoisotopic (exact) mass is 397 g/mol. The molecule has 3 rings (SSSR count). The van der Waals surface area contributed by atoms with Crippen molar-refractivity contribution in [2.45, 2.75) is 12.8 Å². The molecule has 3 aromatic rings. The highest BCUT2D eigenvalue weighted by molar-refractivity contribution is 6.30. The molecule has 0 saturated carbocycles. The molecule has 0 aliphatic heterocycles. The number of nitrogens with zero attached hydrogens (tertiary/aromatic N) is 1. The first-order chi connectivity index (χ1) is 11.2. The van der Waals surface area contributed by atoms with Gasteiger partial charge in [0.05, 0.1) is 5.52 Å². The number of pyridine rings is 1. The number of benzene rings is 2. The fourth-order valence-electron chi connectivity index (χ4n) is 2.58. The van der Waals surface area contributed by atoms with E-state index in [9.17, 15) is 0 Å². The number of nitrogens with two attached hydrogens (primary N) is 1. The van der Waals surface area contributed by atoms with Crippen LogP contribution in [0.25, 0.3) is 10.9 Å². The molecule has 0 radical (unpaired) electrons. The van der Waals surface area contributed by atoms with E-state index in [0.29, 0.717) is 5.82 Å². The Morgan fingerprint density at radius 3 is 2.16 bits per heavy atom. The summed E-state index contributed by atoms with van der Waals surface area (Å²) in [6.45, 7) is 1.90. The summed E-state index contributed by atoms with van der Waals surface area (Å²) < 4.78 is 0. The van der Waals surface area contributed by atoms with Gasteiger partial charge in [0.1, 0.15) is 5.82 Å². The van der Waals surface area contributed by atoms with E-state index < -0.39 is 0 Å². The van der Waals surface area contributed by atoms with Crippen molar-refractivity contribution in [2.75, 3.05) is 18.8 Å². The molecule has 134 valence electrons. The van der Waals surface area contributed by atoms with E-state index in [4.69, 9.17) is 17.3 Å². The maximum atomic E-state index is 5.89. The number of rotatable bonds is 6. The normalized spacial score (nSPS) is 10.1. The number of nitrogens with one attached hydrogen (secondary N) is 1. The highest BCUT2D eigenvalue weighted by Gasteiger charge is 1.99. The summed E-state index contributed by atoms with van der Waals surface area (Å²) in [5, 5.41) is 5.39. The minimum absolute atomic E-state index is 0. The van der Waals surface area contributed by atoms with E-state index in [2.05, 4.69) is 40.6 Å². The van der Waals surface area contributed by atoms with Gasteiger partial charge >= 0.3 is 0 Å². The minimum atomic E-state index is 0. The van der Waals surface area contributed by atoms with Crippen LogP contribution in [0.2, 0.25) is 5.02 Å². The van der Waals surface area contributed by atoms with Crippen molar-refractivity contribution in [1.82, 2.24) is 10.3 Å². The van der Waals surface area contributed by atoms with Crippen LogP contribution < -0.4 is 11.1 Å². The standard InChI is InChI=1S/C19H20ClN3.2ClH/c20-17-6-2-14(3-7-17)9-11-22-12-10-15-1-4-16-5-8-19(21)23-18(16)13-15;;/h1-8,13,22H,9-12H2,(H2,21,23);2*1H. The number of anilines is 1. The molecule has 3 N–H and O–H groups in total. The van der Waals surface area contributed by atoms with Crippen LogP contribution in [0.3, 0.4) is 0 Å². The highest BCUT2D eigenvalue weighted by atomic mass is 35.5. The molecule has 0 fully saturated rings. The Hall–Kier alpha value is -1.52. The van der Waals surface area contributed by atoms with Crippen molar-refractivity contribution in [2.24, 2.45) is 0 Å². The molecule has 0 saturated heterocycles. The first kappa shape index (κ1) is 21.5. The Morgan fingerprint density at radius 2 is 1.44 bits per heavy atom. The molecule has 0 aliphatic carbocycles. The molecule has 6 heteroatoms. The van der Waals surface area contributed by atoms with Crippen LogP contribution in [0, 0.1) is 0 Å². The summed E-state index contributed by atoms with van der Waals surface area (Å²) in [6, 6.07) is 18.2. The van der Waals surface area contributed by atoms with E-state index in [1.54, 1.807) is 0 Å². The zero-order chi connectivity index (χ0) is 16.1. The van der Waals surface area contributed by atoms with Gasteiger partial charge in [-0.2, -0.15) is 0 Å². The van der Waals surface area contributed by atoms with Crippen LogP contribution in [0.1, 0.15) is 11.1 Å². The Kier molecular flexibility index (Phi) is 9.01. The number of hydrogen-bond acceptors (Lipinski definition) is 3. The van der Waals surface area contributed by atoms with Crippen molar-refractivity contribution < 1.29 is 0 Å². The Bertz CT molecular complexity index is 792. The van der Waals surface area contributed by atoms with Crippen molar-refractivity contribution in [1.29, 1.82) is 0 Å². The quantitative estimate of drug-likeness (QED) is 0.592. The second-order valence-electron chi connectivity index (χ2n) is 5.64. The van der Waals surface area contributed by atoms with Gasteiger partial charge < -0.3 is 11.1 Å². The maximum absolute atomic E-state index is 5.89. The van der Waals surface area contributed by atoms with Gasteiger partial charge in [-0.05, 0) is 67.4 Å². The predicted molar refractivity (Wildman–Crippen MR) is 112 cm³/mol. The van der Waals surface area contributed by atoms with Crippen LogP contribution in [-0.4, -0.2) is 18.1 Å². The number of hydrogen-bond donors (Lipinski definition) is 2. The van der Waals surface area contributed by atoms with Gasteiger partial charge in [0.2, 0.25) is 0 Å². The smallest absolute Gasteiger partial charge is 0.124 e. The summed E-state index contributed by atoms with van der Waals surface area (Å²) in [7, 11) is 0. The molecule has 1 aromatic heterocycles. The fraction of sp³-hybridized carbons (Fsp3) is 0.211. The lowest BCUT2D eigenvalue weighted by Crippen LogP contribution is -2.20. The van der Waals surface area contributed by atoms with Crippen LogP contribution in [0.15, 0.2) is 54.6 Å². The molecular formula is C19H22Cl3N3. The zero-order valence-electron chi connectivity index (χ0n) is 13.7.